The maximum absolute atomic E-state index is 6.15. The first-order valence-electron chi connectivity index (χ1n) is 6.25. The highest BCUT2D eigenvalue weighted by molar-refractivity contribution is 6.39. The summed E-state index contributed by atoms with van der Waals surface area (Å²) in [7, 11) is 0. The Morgan fingerprint density at radius 3 is 2.30 bits per heavy atom. The van der Waals surface area contributed by atoms with E-state index >= 15 is 0 Å². The van der Waals surface area contributed by atoms with Gasteiger partial charge in [-0.2, -0.15) is 0 Å². The van der Waals surface area contributed by atoms with Gasteiger partial charge >= 0.3 is 0 Å². The summed E-state index contributed by atoms with van der Waals surface area (Å²) in [6.45, 7) is 5.87. The van der Waals surface area contributed by atoms with Gasteiger partial charge in [0, 0.05) is 11.5 Å². The third kappa shape index (κ3) is 2.97. The Kier molecular flexibility index (Phi) is 4.35. The fourth-order valence-electron chi connectivity index (χ4n) is 1.67. The third-order valence-corrected chi connectivity index (χ3v) is 3.55. The smallest absolute Gasteiger partial charge is 0.139 e. The van der Waals surface area contributed by atoms with Crippen LogP contribution < -0.4 is 11.1 Å². The summed E-state index contributed by atoms with van der Waals surface area (Å²) in [5.74, 6) is 1.93. The van der Waals surface area contributed by atoms with Gasteiger partial charge in [0.25, 0.3) is 0 Å². The summed E-state index contributed by atoms with van der Waals surface area (Å²) in [5, 5.41) is 4.21. The van der Waals surface area contributed by atoms with Crippen LogP contribution in [0.1, 0.15) is 31.2 Å². The summed E-state index contributed by atoms with van der Waals surface area (Å²) in [4.78, 5) is 8.77. The number of nitrogens with two attached hydrogens (primary N) is 1. The highest BCUT2D eigenvalue weighted by Gasteiger charge is 2.13. The van der Waals surface area contributed by atoms with E-state index in [9.17, 15) is 0 Å². The maximum Gasteiger partial charge on any atom is 0.139 e. The predicted molar refractivity (Wildman–Crippen MR) is 85.0 cm³/mol. The number of nitrogens with zero attached hydrogens (tertiary/aromatic N) is 2. The highest BCUT2D eigenvalue weighted by Crippen LogP contribution is 2.33. The average molecular weight is 311 g/mol. The number of aromatic nitrogens is 2. The molecule has 0 unspecified atom stereocenters. The van der Waals surface area contributed by atoms with Gasteiger partial charge < -0.3 is 11.1 Å². The van der Waals surface area contributed by atoms with Crippen molar-refractivity contribution in [2.75, 3.05) is 11.1 Å². The van der Waals surface area contributed by atoms with Crippen molar-refractivity contribution in [3.05, 3.63) is 39.6 Å². The van der Waals surface area contributed by atoms with Crippen molar-refractivity contribution < 1.29 is 0 Å². The van der Waals surface area contributed by atoms with Gasteiger partial charge in [-0.1, -0.05) is 43.1 Å². The topological polar surface area (TPSA) is 63.8 Å². The Bertz CT molecular complexity index is 621. The largest absolute Gasteiger partial charge is 0.383 e. The Labute approximate surface area is 128 Å². The van der Waals surface area contributed by atoms with E-state index in [1.54, 1.807) is 18.2 Å². The zero-order valence-electron chi connectivity index (χ0n) is 11.5. The number of nitrogens with one attached hydrogen (secondary N) is 1. The number of anilines is 3. The molecule has 0 saturated carbocycles. The van der Waals surface area contributed by atoms with Crippen LogP contribution in [0.4, 0.5) is 17.3 Å². The fraction of sp³-hybridized carbons (Fsp3) is 0.286. The van der Waals surface area contributed by atoms with Crippen LogP contribution in [0.5, 0.6) is 0 Å². The van der Waals surface area contributed by atoms with Crippen LogP contribution in [0, 0.1) is 6.92 Å². The molecule has 1 aromatic carbocycles. The molecular weight excluding hydrogens is 295 g/mol. The van der Waals surface area contributed by atoms with Crippen LogP contribution in [0.15, 0.2) is 18.2 Å². The first-order chi connectivity index (χ1) is 9.40. The summed E-state index contributed by atoms with van der Waals surface area (Å²) in [5.41, 5.74) is 7.32. The van der Waals surface area contributed by atoms with E-state index < -0.39 is 0 Å². The third-order valence-electron chi connectivity index (χ3n) is 2.92. The quantitative estimate of drug-likeness (QED) is 0.873. The second-order valence-corrected chi connectivity index (χ2v) is 5.63. The molecule has 0 amide bonds. The molecular formula is C14H16Cl2N4. The van der Waals surface area contributed by atoms with Crippen molar-refractivity contribution in [1.29, 1.82) is 0 Å². The molecule has 4 nitrogen and oxygen atoms in total. The van der Waals surface area contributed by atoms with Gasteiger partial charge in [-0.05, 0) is 19.1 Å². The molecule has 6 heteroatoms. The van der Waals surface area contributed by atoms with E-state index in [-0.39, 0.29) is 5.92 Å². The lowest BCUT2D eigenvalue weighted by Crippen LogP contribution is -2.08. The van der Waals surface area contributed by atoms with E-state index in [2.05, 4.69) is 15.3 Å². The van der Waals surface area contributed by atoms with E-state index in [0.29, 0.717) is 33.2 Å². The van der Waals surface area contributed by atoms with Gasteiger partial charge in [-0.3, -0.25) is 0 Å². The molecule has 0 aliphatic rings. The molecule has 1 heterocycles. The molecule has 0 spiro atoms. The van der Waals surface area contributed by atoms with Crippen molar-refractivity contribution in [3.63, 3.8) is 0 Å². The Balaban J connectivity index is 2.48. The summed E-state index contributed by atoms with van der Waals surface area (Å²) in [6, 6.07) is 5.31. The fourth-order valence-corrected chi connectivity index (χ4v) is 2.16. The normalized spacial score (nSPS) is 10.9. The Hall–Kier alpha value is -1.52. The molecule has 3 N–H and O–H groups in total. The molecule has 0 aliphatic carbocycles. The SMILES string of the molecule is Cc1c(N)nc(C(C)C)nc1Nc1c(Cl)cccc1Cl. The van der Waals surface area contributed by atoms with Gasteiger partial charge in [-0.25, -0.2) is 9.97 Å². The molecule has 2 rings (SSSR count). The van der Waals surface area contributed by atoms with Crippen LogP contribution in [-0.2, 0) is 0 Å². The lowest BCUT2D eigenvalue weighted by atomic mass is 10.2. The van der Waals surface area contributed by atoms with E-state index in [1.165, 1.54) is 0 Å². The monoisotopic (exact) mass is 310 g/mol. The zero-order chi connectivity index (χ0) is 14.9. The summed E-state index contributed by atoms with van der Waals surface area (Å²) < 4.78 is 0. The first-order valence-corrected chi connectivity index (χ1v) is 7.00. The Morgan fingerprint density at radius 2 is 1.75 bits per heavy atom. The van der Waals surface area contributed by atoms with Crippen molar-refractivity contribution >= 4 is 40.5 Å². The van der Waals surface area contributed by atoms with Crippen LogP contribution >= 0.6 is 23.2 Å². The number of hydrogen-bond donors (Lipinski definition) is 2. The number of rotatable bonds is 3. The summed E-state index contributed by atoms with van der Waals surface area (Å²) >= 11 is 12.3. The molecule has 0 aliphatic heterocycles. The number of hydrogen-bond acceptors (Lipinski definition) is 4. The van der Waals surface area contributed by atoms with Gasteiger partial charge in [0.05, 0.1) is 15.7 Å². The minimum absolute atomic E-state index is 0.181. The van der Waals surface area contributed by atoms with Gasteiger partial charge in [0.2, 0.25) is 0 Å². The standard InChI is InChI=1S/C14H16Cl2N4/c1-7(2)13-19-12(17)8(3)14(20-13)18-11-9(15)5-4-6-10(11)16/h4-7H,1-3H3,(H3,17,18,19,20). The lowest BCUT2D eigenvalue weighted by molar-refractivity contribution is 0.776. The molecule has 106 valence electrons. The molecule has 0 fully saturated rings. The van der Waals surface area contributed by atoms with Crippen LogP contribution in [0.25, 0.3) is 0 Å². The van der Waals surface area contributed by atoms with E-state index in [1.807, 2.05) is 20.8 Å². The number of benzene rings is 1. The van der Waals surface area contributed by atoms with Crippen molar-refractivity contribution in [2.45, 2.75) is 26.7 Å². The molecule has 0 bridgehead atoms. The minimum Gasteiger partial charge on any atom is -0.383 e. The van der Waals surface area contributed by atoms with Crippen molar-refractivity contribution in [3.8, 4) is 0 Å². The maximum atomic E-state index is 6.15. The molecule has 20 heavy (non-hydrogen) atoms. The second kappa shape index (κ2) is 5.85. The Morgan fingerprint density at radius 1 is 1.15 bits per heavy atom. The predicted octanol–water partition coefficient (Wildman–Crippen LogP) is 4.54. The molecule has 0 radical (unpaired) electrons. The zero-order valence-corrected chi connectivity index (χ0v) is 13.0. The number of halogens is 2. The van der Waals surface area contributed by atoms with Gasteiger partial charge in [0.1, 0.15) is 17.5 Å². The molecule has 1 aromatic heterocycles. The van der Waals surface area contributed by atoms with Crippen LogP contribution in [0.2, 0.25) is 10.0 Å². The lowest BCUT2D eigenvalue weighted by Gasteiger charge is -2.15. The highest BCUT2D eigenvalue weighted by atomic mass is 35.5. The van der Waals surface area contributed by atoms with Crippen LogP contribution in [0.3, 0.4) is 0 Å². The molecule has 0 saturated heterocycles. The molecule has 2 aromatic rings. The van der Waals surface area contributed by atoms with Gasteiger partial charge in [0.15, 0.2) is 0 Å². The van der Waals surface area contributed by atoms with Crippen molar-refractivity contribution in [2.24, 2.45) is 0 Å². The molecule has 0 atom stereocenters. The number of para-hydroxylation sites is 1. The average Bonchev–Trinajstić information content (AvgIpc) is 2.38. The second-order valence-electron chi connectivity index (χ2n) is 4.82. The summed E-state index contributed by atoms with van der Waals surface area (Å²) in [6.07, 6.45) is 0. The first kappa shape index (κ1) is 14.9. The van der Waals surface area contributed by atoms with Gasteiger partial charge in [-0.15, -0.1) is 0 Å². The van der Waals surface area contributed by atoms with Crippen molar-refractivity contribution in [1.82, 2.24) is 9.97 Å². The van der Waals surface area contributed by atoms with Crippen LogP contribution in [-0.4, -0.2) is 9.97 Å². The number of nitrogen functional groups attached to an aromatic ring is 1. The minimum atomic E-state index is 0.181. The van der Waals surface area contributed by atoms with E-state index in [4.69, 9.17) is 28.9 Å². The van der Waals surface area contributed by atoms with E-state index in [0.717, 1.165) is 5.56 Å².